The summed E-state index contributed by atoms with van der Waals surface area (Å²) < 4.78 is 0. The van der Waals surface area contributed by atoms with Gasteiger partial charge >= 0.3 is 0 Å². The lowest BCUT2D eigenvalue weighted by Gasteiger charge is -2.15. The number of rotatable bonds is 5. The number of pyridine rings is 1. The van der Waals surface area contributed by atoms with Gasteiger partial charge in [-0.15, -0.1) is 0 Å². The van der Waals surface area contributed by atoms with Crippen molar-refractivity contribution in [1.29, 1.82) is 0 Å². The van der Waals surface area contributed by atoms with Gasteiger partial charge in [-0.05, 0) is 52.2 Å². The molecule has 0 bridgehead atoms. The molecule has 0 saturated heterocycles. The van der Waals surface area contributed by atoms with Crippen LogP contribution in [0.2, 0.25) is 0 Å². The Hall–Kier alpha value is -1.31. The summed E-state index contributed by atoms with van der Waals surface area (Å²) in [4.78, 5) is 4.33. The minimum Gasteiger partial charge on any atom is -0.367 e. The zero-order valence-electron chi connectivity index (χ0n) is 10.7. The molecule has 0 spiro atoms. The Morgan fingerprint density at radius 1 is 1.50 bits per heavy atom. The highest BCUT2D eigenvalue weighted by atomic mass is 15.0. The van der Waals surface area contributed by atoms with E-state index in [4.69, 9.17) is 0 Å². The Kier molecular flexibility index (Phi) is 5.03. The molecule has 1 unspecified atom stereocenters. The maximum absolute atomic E-state index is 4.33. The van der Waals surface area contributed by atoms with Crippen molar-refractivity contribution >= 4 is 5.82 Å². The SMILES string of the molecule is CC(C)=CCCC(C)Nc1ncccc1C. The Labute approximate surface area is 98.8 Å². The van der Waals surface area contributed by atoms with Crippen molar-refractivity contribution in [3.8, 4) is 0 Å². The first-order chi connectivity index (χ1) is 7.59. The van der Waals surface area contributed by atoms with Crippen LogP contribution in [0.4, 0.5) is 5.82 Å². The summed E-state index contributed by atoms with van der Waals surface area (Å²) in [6.07, 6.45) is 6.38. The fourth-order valence-corrected chi connectivity index (χ4v) is 1.56. The molecule has 0 radical (unpaired) electrons. The first kappa shape index (κ1) is 12.8. The molecule has 16 heavy (non-hydrogen) atoms. The minimum atomic E-state index is 0.462. The normalized spacial score (nSPS) is 12.0. The van der Waals surface area contributed by atoms with Crippen LogP contribution in [0.15, 0.2) is 30.0 Å². The third kappa shape index (κ3) is 4.47. The second-order valence-corrected chi connectivity index (χ2v) is 4.57. The molecule has 2 heteroatoms. The van der Waals surface area contributed by atoms with Crippen LogP contribution in [-0.4, -0.2) is 11.0 Å². The van der Waals surface area contributed by atoms with E-state index in [1.54, 1.807) is 0 Å². The van der Waals surface area contributed by atoms with Crippen LogP contribution in [0, 0.1) is 6.92 Å². The molecule has 0 aromatic carbocycles. The predicted molar refractivity (Wildman–Crippen MR) is 70.7 cm³/mol. The molecule has 0 saturated carbocycles. The number of hydrogen-bond acceptors (Lipinski definition) is 2. The molecule has 1 N–H and O–H groups in total. The fraction of sp³-hybridized carbons (Fsp3) is 0.500. The highest BCUT2D eigenvalue weighted by molar-refractivity contribution is 5.43. The van der Waals surface area contributed by atoms with Crippen molar-refractivity contribution < 1.29 is 0 Å². The number of aromatic nitrogens is 1. The maximum Gasteiger partial charge on any atom is 0.129 e. The zero-order chi connectivity index (χ0) is 12.0. The molecule has 0 aliphatic heterocycles. The Morgan fingerprint density at radius 2 is 2.25 bits per heavy atom. The van der Waals surface area contributed by atoms with Crippen LogP contribution in [0.25, 0.3) is 0 Å². The van der Waals surface area contributed by atoms with Crippen LogP contribution >= 0.6 is 0 Å². The van der Waals surface area contributed by atoms with Crippen LogP contribution in [0.5, 0.6) is 0 Å². The third-order valence-electron chi connectivity index (χ3n) is 2.54. The smallest absolute Gasteiger partial charge is 0.129 e. The molecule has 1 aromatic rings. The number of allylic oxidation sites excluding steroid dienone is 2. The van der Waals surface area contributed by atoms with Gasteiger partial charge < -0.3 is 5.32 Å². The molecule has 1 rings (SSSR count). The van der Waals surface area contributed by atoms with E-state index in [1.807, 2.05) is 12.3 Å². The fourth-order valence-electron chi connectivity index (χ4n) is 1.56. The van der Waals surface area contributed by atoms with Crippen LogP contribution < -0.4 is 5.32 Å². The lowest BCUT2D eigenvalue weighted by atomic mass is 10.1. The van der Waals surface area contributed by atoms with Gasteiger partial charge in [0.2, 0.25) is 0 Å². The molecular formula is C14H22N2. The topological polar surface area (TPSA) is 24.9 Å². The van der Waals surface area contributed by atoms with Crippen LogP contribution in [-0.2, 0) is 0 Å². The van der Waals surface area contributed by atoms with E-state index in [0.29, 0.717) is 6.04 Å². The summed E-state index contributed by atoms with van der Waals surface area (Å²) in [7, 11) is 0. The van der Waals surface area contributed by atoms with E-state index in [0.717, 1.165) is 18.7 Å². The molecular weight excluding hydrogens is 196 g/mol. The predicted octanol–water partition coefficient (Wildman–Crippen LogP) is 3.94. The lowest BCUT2D eigenvalue weighted by molar-refractivity contribution is 0.712. The van der Waals surface area contributed by atoms with Gasteiger partial charge in [0.15, 0.2) is 0 Å². The molecule has 0 aliphatic carbocycles. The van der Waals surface area contributed by atoms with Crippen molar-refractivity contribution in [1.82, 2.24) is 4.98 Å². The summed E-state index contributed by atoms with van der Waals surface area (Å²) in [6.45, 7) is 8.56. The van der Waals surface area contributed by atoms with Gasteiger partial charge in [0.05, 0.1) is 0 Å². The number of nitrogens with zero attached hydrogens (tertiary/aromatic N) is 1. The monoisotopic (exact) mass is 218 g/mol. The van der Waals surface area contributed by atoms with Gasteiger partial charge in [0, 0.05) is 12.2 Å². The minimum absolute atomic E-state index is 0.462. The first-order valence-corrected chi connectivity index (χ1v) is 5.91. The van der Waals surface area contributed by atoms with Crippen LogP contribution in [0.3, 0.4) is 0 Å². The second-order valence-electron chi connectivity index (χ2n) is 4.57. The summed E-state index contributed by atoms with van der Waals surface area (Å²) in [5.41, 5.74) is 2.60. The van der Waals surface area contributed by atoms with Gasteiger partial charge in [-0.3, -0.25) is 0 Å². The summed E-state index contributed by atoms with van der Waals surface area (Å²) in [5.74, 6) is 1.01. The number of hydrogen-bond donors (Lipinski definition) is 1. The largest absolute Gasteiger partial charge is 0.367 e. The van der Waals surface area contributed by atoms with Crippen molar-refractivity contribution in [2.45, 2.75) is 46.6 Å². The Bertz CT molecular complexity index is 352. The average Bonchev–Trinajstić information content (AvgIpc) is 2.21. The molecule has 1 atom stereocenters. The molecule has 0 fully saturated rings. The molecule has 0 amide bonds. The second kappa shape index (κ2) is 6.31. The van der Waals surface area contributed by atoms with E-state index < -0.39 is 0 Å². The van der Waals surface area contributed by atoms with E-state index in [2.05, 4.69) is 50.1 Å². The van der Waals surface area contributed by atoms with E-state index in [-0.39, 0.29) is 0 Å². The Balaban J connectivity index is 2.43. The highest BCUT2D eigenvalue weighted by Crippen LogP contribution is 2.12. The maximum atomic E-state index is 4.33. The van der Waals surface area contributed by atoms with Gasteiger partial charge in [0.1, 0.15) is 5.82 Å². The van der Waals surface area contributed by atoms with Crippen molar-refractivity contribution in [2.75, 3.05) is 5.32 Å². The van der Waals surface area contributed by atoms with E-state index in [1.165, 1.54) is 11.1 Å². The van der Waals surface area contributed by atoms with E-state index in [9.17, 15) is 0 Å². The standard InChI is InChI=1S/C14H22N2/c1-11(2)7-5-9-13(4)16-14-12(3)8-6-10-15-14/h6-8,10,13H,5,9H2,1-4H3,(H,15,16). The number of aryl methyl sites for hydroxylation is 1. The number of nitrogens with one attached hydrogen (secondary N) is 1. The van der Waals surface area contributed by atoms with Gasteiger partial charge in [-0.1, -0.05) is 17.7 Å². The Morgan fingerprint density at radius 3 is 2.88 bits per heavy atom. The van der Waals surface area contributed by atoms with E-state index >= 15 is 0 Å². The summed E-state index contributed by atoms with van der Waals surface area (Å²) in [5, 5.41) is 3.44. The summed E-state index contributed by atoms with van der Waals surface area (Å²) in [6, 6.07) is 4.51. The average molecular weight is 218 g/mol. The molecule has 0 aliphatic rings. The summed E-state index contributed by atoms with van der Waals surface area (Å²) >= 11 is 0. The molecule has 1 aromatic heterocycles. The molecule has 2 nitrogen and oxygen atoms in total. The number of anilines is 1. The highest BCUT2D eigenvalue weighted by Gasteiger charge is 2.03. The molecule has 88 valence electrons. The van der Waals surface area contributed by atoms with Crippen molar-refractivity contribution in [3.63, 3.8) is 0 Å². The van der Waals surface area contributed by atoms with Gasteiger partial charge in [0.25, 0.3) is 0 Å². The molecule has 1 heterocycles. The third-order valence-corrected chi connectivity index (χ3v) is 2.54. The first-order valence-electron chi connectivity index (χ1n) is 5.91. The lowest BCUT2D eigenvalue weighted by Crippen LogP contribution is -2.16. The van der Waals surface area contributed by atoms with Crippen molar-refractivity contribution in [2.24, 2.45) is 0 Å². The van der Waals surface area contributed by atoms with Gasteiger partial charge in [-0.25, -0.2) is 4.98 Å². The van der Waals surface area contributed by atoms with Gasteiger partial charge in [-0.2, -0.15) is 0 Å². The van der Waals surface area contributed by atoms with Crippen molar-refractivity contribution in [3.05, 3.63) is 35.5 Å². The zero-order valence-corrected chi connectivity index (χ0v) is 10.7. The van der Waals surface area contributed by atoms with Crippen LogP contribution in [0.1, 0.15) is 39.2 Å². The quantitative estimate of drug-likeness (QED) is 0.757.